The molecule has 2 fully saturated rings. The average molecular weight is 210 g/mol. The van der Waals surface area contributed by atoms with Gasteiger partial charge in [0.2, 0.25) is 0 Å². The Balaban J connectivity index is 2.04. The lowest BCUT2D eigenvalue weighted by atomic mass is 9.65. The minimum absolute atomic E-state index is 0.568. The van der Waals surface area contributed by atoms with Gasteiger partial charge in [-0.2, -0.15) is 0 Å². The highest BCUT2D eigenvalue weighted by Gasteiger charge is 2.40. The van der Waals surface area contributed by atoms with E-state index in [4.69, 9.17) is 5.73 Å². The smallest absolute Gasteiger partial charge is 0.0121 e. The van der Waals surface area contributed by atoms with Crippen molar-refractivity contribution in [2.45, 2.75) is 45.6 Å². The molecule has 1 aliphatic heterocycles. The third-order valence-electron chi connectivity index (χ3n) is 4.56. The maximum atomic E-state index is 5.83. The topological polar surface area (TPSA) is 29.3 Å². The summed E-state index contributed by atoms with van der Waals surface area (Å²) in [5, 5.41) is 0. The van der Waals surface area contributed by atoms with Crippen molar-refractivity contribution in [2.75, 3.05) is 20.1 Å². The molecule has 2 N–H and O–H groups in total. The Bertz CT molecular complexity index is 225. The first-order valence-electron chi connectivity index (χ1n) is 6.42. The summed E-state index contributed by atoms with van der Waals surface area (Å²) in [6, 6.07) is 0.848. The van der Waals surface area contributed by atoms with Crippen molar-refractivity contribution in [3.63, 3.8) is 0 Å². The maximum absolute atomic E-state index is 5.83. The van der Waals surface area contributed by atoms with Crippen molar-refractivity contribution in [2.24, 2.45) is 23.0 Å². The number of hydrogen-bond acceptors (Lipinski definition) is 2. The molecule has 0 bridgehead atoms. The Morgan fingerprint density at radius 1 is 1.40 bits per heavy atom. The normalized spacial score (nSPS) is 41.2. The quantitative estimate of drug-likeness (QED) is 0.718. The molecule has 1 saturated heterocycles. The average Bonchev–Trinajstić information content (AvgIpc) is 2.15. The molecule has 0 spiro atoms. The van der Waals surface area contributed by atoms with Gasteiger partial charge in [-0.15, -0.1) is 0 Å². The van der Waals surface area contributed by atoms with Crippen LogP contribution in [0.5, 0.6) is 0 Å². The van der Waals surface area contributed by atoms with Crippen LogP contribution >= 0.6 is 0 Å². The molecular formula is C13H26N2. The molecule has 15 heavy (non-hydrogen) atoms. The highest BCUT2D eigenvalue weighted by molar-refractivity contribution is 4.94. The summed E-state index contributed by atoms with van der Waals surface area (Å²) in [6.07, 6.45) is 5.56. The SMILES string of the molecule is CN1CC(CN)CC2CC(C)(C)CCC21. The lowest BCUT2D eigenvalue weighted by Crippen LogP contribution is -2.51. The molecule has 0 amide bonds. The standard InChI is InChI=1S/C13H26N2/c1-13(2)5-4-12-11(7-13)6-10(8-14)9-15(12)3/h10-12H,4-9,14H2,1-3H3. The lowest BCUT2D eigenvalue weighted by molar-refractivity contribution is 0.0103. The van der Waals surface area contributed by atoms with Gasteiger partial charge in [-0.1, -0.05) is 13.8 Å². The van der Waals surface area contributed by atoms with Crippen molar-refractivity contribution in [1.29, 1.82) is 0 Å². The second-order valence-electron chi connectivity index (χ2n) is 6.51. The molecule has 3 atom stereocenters. The molecule has 1 saturated carbocycles. The summed E-state index contributed by atoms with van der Waals surface area (Å²) in [4.78, 5) is 2.57. The van der Waals surface area contributed by atoms with Crippen LogP contribution in [0.1, 0.15) is 39.5 Å². The predicted octanol–water partition coefficient (Wildman–Crippen LogP) is 2.09. The van der Waals surface area contributed by atoms with Crippen molar-refractivity contribution in [1.82, 2.24) is 4.90 Å². The van der Waals surface area contributed by atoms with Gasteiger partial charge in [0, 0.05) is 12.6 Å². The van der Waals surface area contributed by atoms with Gasteiger partial charge < -0.3 is 10.6 Å². The number of nitrogens with two attached hydrogens (primary N) is 1. The van der Waals surface area contributed by atoms with E-state index in [-0.39, 0.29) is 0 Å². The van der Waals surface area contributed by atoms with E-state index in [2.05, 4.69) is 25.8 Å². The molecule has 0 aromatic heterocycles. The number of piperidine rings is 1. The third kappa shape index (κ3) is 2.36. The molecular weight excluding hydrogens is 184 g/mol. The van der Waals surface area contributed by atoms with E-state index in [0.717, 1.165) is 24.4 Å². The molecule has 1 heterocycles. The van der Waals surface area contributed by atoms with E-state index < -0.39 is 0 Å². The Kier molecular flexibility index (Phi) is 3.09. The number of nitrogens with zero attached hydrogens (tertiary/aromatic N) is 1. The molecule has 2 rings (SSSR count). The van der Waals surface area contributed by atoms with Crippen LogP contribution in [0.2, 0.25) is 0 Å². The van der Waals surface area contributed by atoms with Crippen LogP contribution in [0.3, 0.4) is 0 Å². The van der Waals surface area contributed by atoms with E-state index in [1.165, 1.54) is 32.2 Å². The van der Waals surface area contributed by atoms with Crippen molar-refractivity contribution < 1.29 is 0 Å². The number of likely N-dealkylation sites (tertiary alicyclic amines) is 1. The predicted molar refractivity (Wildman–Crippen MR) is 64.7 cm³/mol. The largest absolute Gasteiger partial charge is 0.330 e. The Labute approximate surface area is 94.2 Å². The van der Waals surface area contributed by atoms with E-state index >= 15 is 0 Å². The third-order valence-corrected chi connectivity index (χ3v) is 4.56. The fourth-order valence-electron chi connectivity index (χ4n) is 3.76. The van der Waals surface area contributed by atoms with Gasteiger partial charge in [-0.25, -0.2) is 0 Å². The van der Waals surface area contributed by atoms with Gasteiger partial charge in [0.1, 0.15) is 0 Å². The maximum Gasteiger partial charge on any atom is 0.0121 e. The molecule has 0 aromatic rings. The highest BCUT2D eigenvalue weighted by Crippen LogP contribution is 2.44. The fraction of sp³-hybridized carbons (Fsp3) is 1.00. The van der Waals surface area contributed by atoms with Gasteiger partial charge in [-0.3, -0.25) is 0 Å². The van der Waals surface area contributed by atoms with Crippen LogP contribution in [-0.2, 0) is 0 Å². The van der Waals surface area contributed by atoms with Crippen molar-refractivity contribution in [3.8, 4) is 0 Å². The molecule has 1 aliphatic carbocycles. The van der Waals surface area contributed by atoms with Gasteiger partial charge in [0.15, 0.2) is 0 Å². The van der Waals surface area contributed by atoms with Crippen LogP contribution in [0.25, 0.3) is 0 Å². The fourth-order valence-corrected chi connectivity index (χ4v) is 3.76. The molecule has 0 aromatic carbocycles. The van der Waals surface area contributed by atoms with Crippen molar-refractivity contribution in [3.05, 3.63) is 0 Å². The zero-order valence-corrected chi connectivity index (χ0v) is 10.5. The van der Waals surface area contributed by atoms with Gasteiger partial charge in [0.25, 0.3) is 0 Å². The summed E-state index contributed by atoms with van der Waals surface area (Å²) >= 11 is 0. The van der Waals surface area contributed by atoms with E-state index in [1.54, 1.807) is 0 Å². The van der Waals surface area contributed by atoms with Gasteiger partial charge in [-0.05, 0) is 56.5 Å². The first kappa shape index (κ1) is 11.4. The first-order valence-corrected chi connectivity index (χ1v) is 6.42. The second-order valence-corrected chi connectivity index (χ2v) is 6.51. The van der Waals surface area contributed by atoms with E-state index in [9.17, 15) is 0 Å². The van der Waals surface area contributed by atoms with Crippen molar-refractivity contribution >= 4 is 0 Å². The van der Waals surface area contributed by atoms with E-state index in [1.807, 2.05) is 0 Å². The highest BCUT2D eigenvalue weighted by atomic mass is 15.1. The Morgan fingerprint density at radius 3 is 2.80 bits per heavy atom. The van der Waals surface area contributed by atoms with Crippen LogP contribution in [0.15, 0.2) is 0 Å². The summed E-state index contributed by atoms with van der Waals surface area (Å²) in [5.41, 5.74) is 6.40. The number of rotatable bonds is 1. The zero-order chi connectivity index (χ0) is 11.1. The van der Waals surface area contributed by atoms with Gasteiger partial charge >= 0.3 is 0 Å². The second kappa shape index (κ2) is 4.06. The molecule has 3 unspecified atom stereocenters. The summed E-state index contributed by atoms with van der Waals surface area (Å²) in [5.74, 6) is 1.64. The molecule has 0 radical (unpaired) electrons. The Hall–Kier alpha value is -0.0800. The Morgan fingerprint density at radius 2 is 2.13 bits per heavy atom. The first-order chi connectivity index (χ1) is 7.02. The monoisotopic (exact) mass is 210 g/mol. The molecule has 88 valence electrons. The summed E-state index contributed by atoms with van der Waals surface area (Å²) in [7, 11) is 2.29. The van der Waals surface area contributed by atoms with Crippen LogP contribution in [0, 0.1) is 17.3 Å². The minimum Gasteiger partial charge on any atom is -0.330 e. The molecule has 2 nitrogen and oxygen atoms in total. The number of hydrogen-bond donors (Lipinski definition) is 1. The van der Waals surface area contributed by atoms with Crippen LogP contribution in [0.4, 0.5) is 0 Å². The number of fused-ring (bicyclic) bond motifs is 1. The lowest BCUT2D eigenvalue weighted by Gasteiger charge is -2.49. The zero-order valence-electron chi connectivity index (χ0n) is 10.5. The molecule has 2 heteroatoms. The minimum atomic E-state index is 0.568. The van der Waals surface area contributed by atoms with E-state index in [0.29, 0.717) is 5.41 Å². The molecule has 2 aliphatic rings. The van der Waals surface area contributed by atoms with Gasteiger partial charge in [0.05, 0.1) is 0 Å². The summed E-state index contributed by atoms with van der Waals surface area (Å²) < 4.78 is 0. The van der Waals surface area contributed by atoms with Crippen LogP contribution < -0.4 is 5.73 Å². The summed E-state index contributed by atoms with van der Waals surface area (Å²) in [6.45, 7) is 6.94. The van der Waals surface area contributed by atoms with Crippen LogP contribution in [-0.4, -0.2) is 31.1 Å².